The average Bonchev–Trinajstić information content (AvgIpc) is 2.44. The molecule has 1 aromatic heterocycles. The Balaban J connectivity index is 2.24. The first-order chi connectivity index (χ1) is 7.34. The van der Waals surface area contributed by atoms with E-state index in [9.17, 15) is 5.11 Å². The van der Waals surface area contributed by atoms with Gasteiger partial charge in [0.05, 0.1) is 0 Å². The molecule has 0 aliphatic heterocycles. The van der Waals surface area contributed by atoms with Crippen LogP contribution in [-0.4, -0.2) is 5.11 Å². The zero-order valence-corrected chi connectivity index (χ0v) is 9.44. The fraction of sp³-hybridized carbons (Fsp3) is 0.385. The molecule has 0 saturated carbocycles. The summed E-state index contributed by atoms with van der Waals surface area (Å²) in [6.45, 7) is 0. The maximum Gasteiger partial charge on any atom is 0.116 e. The first-order valence-electron chi connectivity index (χ1n) is 5.58. The van der Waals surface area contributed by atoms with Crippen LogP contribution in [-0.2, 0) is 12.8 Å². The number of thiophene rings is 1. The molecule has 0 bridgehead atoms. The summed E-state index contributed by atoms with van der Waals surface area (Å²) in [6.07, 6.45) is 6.40. The SMILES string of the molecule is Oc1ccc2sc3c(c2c1)CCCCC3. The Morgan fingerprint density at radius 3 is 2.87 bits per heavy atom. The Hall–Kier alpha value is -1.02. The minimum atomic E-state index is 0.396. The number of aromatic hydroxyl groups is 1. The first-order valence-corrected chi connectivity index (χ1v) is 6.39. The van der Waals surface area contributed by atoms with Crippen LogP contribution in [0.15, 0.2) is 18.2 Å². The fourth-order valence-corrected chi connectivity index (χ4v) is 3.70. The summed E-state index contributed by atoms with van der Waals surface area (Å²) in [5, 5.41) is 10.8. The highest BCUT2D eigenvalue weighted by atomic mass is 32.1. The van der Waals surface area contributed by atoms with E-state index in [1.165, 1.54) is 47.8 Å². The van der Waals surface area contributed by atoms with Gasteiger partial charge in [0.25, 0.3) is 0 Å². The highest BCUT2D eigenvalue weighted by molar-refractivity contribution is 7.19. The summed E-state index contributed by atoms with van der Waals surface area (Å²) < 4.78 is 1.33. The van der Waals surface area contributed by atoms with E-state index in [2.05, 4.69) is 0 Å². The summed E-state index contributed by atoms with van der Waals surface area (Å²) in [6, 6.07) is 5.76. The van der Waals surface area contributed by atoms with Gasteiger partial charge in [-0.1, -0.05) is 6.42 Å². The summed E-state index contributed by atoms with van der Waals surface area (Å²) >= 11 is 1.91. The molecule has 2 heteroatoms. The van der Waals surface area contributed by atoms with Crippen LogP contribution in [0.2, 0.25) is 0 Å². The third-order valence-electron chi connectivity index (χ3n) is 3.19. The van der Waals surface area contributed by atoms with Crippen LogP contribution in [0, 0.1) is 0 Å². The quantitative estimate of drug-likeness (QED) is 0.665. The van der Waals surface area contributed by atoms with Crippen LogP contribution < -0.4 is 0 Å². The summed E-state index contributed by atoms with van der Waals surface area (Å²) in [5.74, 6) is 0.396. The molecule has 1 N–H and O–H groups in total. The zero-order valence-electron chi connectivity index (χ0n) is 8.62. The van der Waals surface area contributed by atoms with E-state index in [0.717, 1.165) is 0 Å². The van der Waals surface area contributed by atoms with Gasteiger partial charge in [-0.3, -0.25) is 0 Å². The smallest absolute Gasteiger partial charge is 0.116 e. The summed E-state index contributed by atoms with van der Waals surface area (Å²) in [4.78, 5) is 1.55. The van der Waals surface area contributed by atoms with Gasteiger partial charge in [0.15, 0.2) is 0 Å². The van der Waals surface area contributed by atoms with Crippen LogP contribution in [0.5, 0.6) is 5.75 Å². The molecule has 0 amide bonds. The van der Waals surface area contributed by atoms with Crippen LogP contribution >= 0.6 is 11.3 Å². The summed E-state index contributed by atoms with van der Waals surface area (Å²) in [7, 11) is 0. The lowest BCUT2D eigenvalue weighted by Crippen LogP contribution is -1.83. The van der Waals surface area contributed by atoms with Crippen molar-refractivity contribution in [2.24, 2.45) is 0 Å². The largest absolute Gasteiger partial charge is 0.508 e. The van der Waals surface area contributed by atoms with E-state index in [0.29, 0.717) is 5.75 Å². The van der Waals surface area contributed by atoms with Gasteiger partial charge in [-0.15, -0.1) is 11.3 Å². The molecule has 0 saturated heterocycles. The lowest BCUT2D eigenvalue weighted by molar-refractivity contribution is 0.476. The van der Waals surface area contributed by atoms with Gasteiger partial charge >= 0.3 is 0 Å². The molecule has 2 aromatic rings. The van der Waals surface area contributed by atoms with E-state index in [1.807, 2.05) is 23.5 Å². The second-order valence-corrected chi connectivity index (χ2v) is 5.38. The zero-order chi connectivity index (χ0) is 10.3. The average molecular weight is 218 g/mol. The number of aryl methyl sites for hydroxylation is 2. The lowest BCUT2D eigenvalue weighted by atomic mass is 10.1. The Bertz CT molecular complexity index is 498. The monoisotopic (exact) mass is 218 g/mol. The Morgan fingerprint density at radius 1 is 1.07 bits per heavy atom. The van der Waals surface area contributed by atoms with E-state index >= 15 is 0 Å². The van der Waals surface area contributed by atoms with Crippen molar-refractivity contribution in [2.75, 3.05) is 0 Å². The van der Waals surface area contributed by atoms with Crippen LogP contribution in [0.1, 0.15) is 29.7 Å². The second-order valence-electron chi connectivity index (χ2n) is 4.24. The minimum absolute atomic E-state index is 0.396. The first kappa shape index (κ1) is 9.22. The number of hydrogen-bond donors (Lipinski definition) is 1. The molecule has 0 unspecified atom stereocenters. The molecule has 1 aliphatic rings. The van der Waals surface area contributed by atoms with Crippen LogP contribution in [0.3, 0.4) is 0 Å². The standard InChI is InChI=1S/C13H14OS/c14-9-6-7-13-11(8-9)10-4-2-1-3-5-12(10)15-13/h6-8,14H,1-5H2. The van der Waals surface area contributed by atoms with Crippen molar-refractivity contribution in [2.45, 2.75) is 32.1 Å². The normalized spacial score (nSPS) is 16.3. The van der Waals surface area contributed by atoms with Gasteiger partial charge < -0.3 is 5.11 Å². The van der Waals surface area contributed by atoms with E-state index in [4.69, 9.17) is 0 Å². The van der Waals surface area contributed by atoms with Gasteiger partial charge in [-0.25, -0.2) is 0 Å². The van der Waals surface area contributed by atoms with Gasteiger partial charge in [0.2, 0.25) is 0 Å². The number of benzene rings is 1. The second kappa shape index (κ2) is 3.53. The number of rotatable bonds is 0. The topological polar surface area (TPSA) is 20.2 Å². The maximum absolute atomic E-state index is 9.53. The molecule has 0 spiro atoms. The highest BCUT2D eigenvalue weighted by Crippen LogP contribution is 2.36. The molecular weight excluding hydrogens is 204 g/mol. The highest BCUT2D eigenvalue weighted by Gasteiger charge is 2.14. The molecule has 0 atom stereocenters. The number of hydrogen-bond acceptors (Lipinski definition) is 2. The Kier molecular flexibility index (Phi) is 2.17. The Morgan fingerprint density at radius 2 is 1.93 bits per heavy atom. The molecule has 78 valence electrons. The molecule has 3 rings (SSSR count). The van der Waals surface area contributed by atoms with Crippen molar-refractivity contribution in [1.29, 1.82) is 0 Å². The van der Waals surface area contributed by atoms with Gasteiger partial charge in [-0.2, -0.15) is 0 Å². The molecule has 1 heterocycles. The molecule has 15 heavy (non-hydrogen) atoms. The van der Waals surface area contributed by atoms with E-state index in [1.54, 1.807) is 10.9 Å². The van der Waals surface area contributed by atoms with Crippen LogP contribution in [0.4, 0.5) is 0 Å². The van der Waals surface area contributed by atoms with Crippen molar-refractivity contribution in [3.63, 3.8) is 0 Å². The van der Waals surface area contributed by atoms with Gasteiger partial charge in [0, 0.05) is 9.58 Å². The molecule has 1 aromatic carbocycles. The van der Waals surface area contributed by atoms with Crippen LogP contribution in [0.25, 0.3) is 10.1 Å². The van der Waals surface area contributed by atoms with Gasteiger partial charge in [0.1, 0.15) is 5.75 Å². The third kappa shape index (κ3) is 1.53. The van der Waals surface area contributed by atoms with Crippen molar-refractivity contribution < 1.29 is 5.11 Å². The maximum atomic E-state index is 9.53. The molecule has 1 aliphatic carbocycles. The summed E-state index contributed by atoms with van der Waals surface area (Å²) in [5.41, 5.74) is 1.50. The van der Waals surface area contributed by atoms with Crippen molar-refractivity contribution in [1.82, 2.24) is 0 Å². The van der Waals surface area contributed by atoms with Crippen molar-refractivity contribution in [3.8, 4) is 5.75 Å². The third-order valence-corrected chi connectivity index (χ3v) is 4.46. The van der Waals surface area contributed by atoms with Crippen molar-refractivity contribution in [3.05, 3.63) is 28.6 Å². The lowest BCUT2D eigenvalue weighted by Gasteiger charge is -1.98. The number of phenols is 1. The minimum Gasteiger partial charge on any atom is -0.508 e. The van der Waals surface area contributed by atoms with E-state index in [-0.39, 0.29) is 0 Å². The Labute approximate surface area is 93.4 Å². The number of phenolic OH excluding ortho intramolecular Hbond substituents is 1. The fourth-order valence-electron chi connectivity index (χ4n) is 2.43. The number of fused-ring (bicyclic) bond motifs is 3. The molecule has 1 nitrogen and oxygen atoms in total. The molecule has 0 fully saturated rings. The van der Waals surface area contributed by atoms with Crippen molar-refractivity contribution >= 4 is 21.4 Å². The molecule has 0 radical (unpaired) electrons. The molecular formula is C13H14OS. The van der Waals surface area contributed by atoms with Gasteiger partial charge in [-0.05, 0) is 54.8 Å². The predicted molar refractivity (Wildman–Crippen MR) is 64.7 cm³/mol. The van der Waals surface area contributed by atoms with E-state index < -0.39 is 0 Å². The predicted octanol–water partition coefficient (Wildman–Crippen LogP) is 3.88.